The number of carbonyl (C=O) groups is 1. The zero-order chi connectivity index (χ0) is 10.8. The lowest BCUT2D eigenvalue weighted by molar-refractivity contribution is -0.130. The fraction of sp³-hybridized carbons (Fsp3) is 0.900. The van der Waals surface area contributed by atoms with Crippen LogP contribution in [0.1, 0.15) is 20.8 Å². The van der Waals surface area contributed by atoms with Gasteiger partial charge in [-0.2, -0.15) is 0 Å². The molecule has 0 N–H and O–H groups in total. The van der Waals surface area contributed by atoms with Crippen molar-refractivity contribution in [1.29, 1.82) is 0 Å². The summed E-state index contributed by atoms with van der Waals surface area (Å²) in [6.07, 6.45) is 0. The van der Waals surface area contributed by atoms with Gasteiger partial charge in [-0.25, -0.2) is 4.39 Å². The number of amides is 1. The maximum Gasteiger partial charge on any atom is 0.219 e. The average molecular weight is 202 g/mol. The molecule has 1 aliphatic heterocycles. The summed E-state index contributed by atoms with van der Waals surface area (Å²) in [5.74, 6) is 0.115. The summed E-state index contributed by atoms with van der Waals surface area (Å²) in [5.41, 5.74) is -1.14. The van der Waals surface area contributed by atoms with Crippen molar-refractivity contribution in [3.8, 4) is 0 Å². The molecule has 0 aromatic heterocycles. The minimum Gasteiger partial charge on any atom is -0.340 e. The van der Waals surface area contributed by atoms with Gasteiger partial charge in [0.05, 0.1) is 0 Å². The Morgan fingerprint density at radius 1 is 1.29 bits per heavy atom. The van der Waals surface area contributed by atoms with Gasteiger partial charge in [-0.3, -0.25) is 9.69 Å². The summed E-state index contributed by atoms with van der Waals surface area (Å²) < 4.78 is 13.3. The van der Waals surface area contributed by atoms with Crippen LogP contribution in [0.5, 0.6) is 0 Å². The maximum atomic E-state index is 13.3. The molecule has 0 atom stereocenters. The van der Waals surface area contributed by atoms with Gasteiger partial charge >= 0.3 is 0 Å². The normalized spacial score (nSPS) is 19.9. The molecule has 0 spiro atoms. The first-order chi connectivity index (χ1) is 6.38. The van der Waals surface area contributed by atoms with Crippen molar-refractivity contribution in [2.45, 2.75) is 26.4 Å². The molecule has 82 valence electrons. The quantitative estimate of drug-likeness (QED) is 0.664. The average Bonchev–Trinajstić information content (AvgIpc) is 2.02. The standard InChI is InChI=1S/C10H19FN2O/c1-9(14)13-6-4-12(5-7-13)8-10(2,3)11/h4-8H2,1-3H3. The van der Waals surface area contributed by atoms with Crippen LogP contribution < -0.4 is 0 Å². The van der Waals surface area contributed by atoms with Crippen LogP contribution in [0.4, 0.5) is 4.39 Å². The van der Waals surface area contributed by atoms with Crippen LogP contribution in [0.25, 0.3) is 0 Å². The van der Waals surface area contributed by atoms with Crippen molar-refractivity contribution in [2.75, 3.05) is 32.7 Å². The Hall–Kier alpha value is -0.640. The highest BCUT2D eigenvalue weighted by Gasteiger charge is 2.24. The summed E-state index contributed by atoms with van der Waals surface area (Å²) in [6.45, 7) is 8.23. The van der Waals surface area contributed by atoms with Gasteiger partial charge < -0.3 is 4.90 Å². The van der Waals surface area contributed by atoms with Gasteiger partial charge in [0, 0.05) is 39.6 Å². The molecule has 3 nitrogen and oxygen atoms in total. The van der Waals surface area contributed by atoms with Gasteiger partial charge in [-0.05, 0) is 13.8 Å². The third-order valence-electron chi connectivity index (χ3n) is 2.42. The second kappa shape index (κ2) is 4.26. The molecule has 0 unspecified atom stereocenters. The van der Waals surface area contributed by atoms with E-state index in [4.69, 9.17) is 0 Å². The maximum absolute atomic E-state index is 13.3. The summed E-state index contributed by atoms with van der Waals surface area (Å²) in [7, 11) is 0. The van der Waals surface area contributed by atoms with E-state index in [0.29, 0.717) is 6.54 Å². The monoisotopic (exact) mass is 202 g/mol. The Kier molecular flexibility index (Phi) is 3.48. The van der Waals surface area contributed by atoms with Crippen molar-refractivity contribution in [1.82, 2.24) is 9.80 Å². The lowest BCUT2D eigenvalue weighted by atomic mass is 10.1. The molecule has 0 radical (unpaired) electrons. The third-order valence-corrected chi connectivity index (χ3v) is 2.42. The fourth-order valence-corrected chi connectivity index (χ4v) is 1.75. The Labute approximate surface area is 84.9 Å². The first-order valence-corrected chi connectivity index (χ1v) is 5.05. The minimum absolute atomic E-state index is 0.115. The second-order valence-electron chi connectivity index (χ2n) is 4.50. The molecular formula is C10H19FN2O. The minimum atomic E-state index is -1.14. The Bertz CT molecular complexity index is 205. The molecular weight excluding hydrogens is 183 g/mol. The van der Waals surface area contributed by atoms with Crippen LogP contribution in [0.3, 0.4) is 0 Å². The largest absolute Gasteiger partial charge is 0.340 e. The van der Waals surface area contributed by atoms with Crippen molar-refractivity contribution < 1.29 is 9.18 Å². The van der Waals surface area contributed by atoms with E-state index in [1.807, 2.05) is 4.90 Å². The van der Waals surface area contributed by atoms with Gasteiger partial charge in [0.2, 0.25) is 5.91 Å². The van der Waals surface area contributed by atoms with Gasteiger partial charge in [-0.15, -0.1) is 0 Å². The number of rotatable bonds is 2. The molecule has 1 aliphatic rings. The molecule has 0 saturated carbocycles. The number of carbonyl (C=O) groups excluding carboxylic acids is 1. The molecule has 0 aliphatic carbocycles. The van der Waals surface area contributed by atoms with E-state index < -0.39 is 5.67 Å². The van der Waals surface area contributed by atoms with E-state index in [1.165, 1.54) is 0 Å². The SMILES string of the molecule is CC(=O)N1CCN(CC(C)(C)F)CC1. The van der Waals surface area contributed by atoms with E-state index in [1.54, 1.807) is 20.8 Å². The predicted octanol–water partition coefficient (Wildman–Crippen LogP) is 0.899. The molecule has 1 heterocycles. The Morgan fingerprint density at radius 2 is 1.79 bits per heavy atom. The van der Waals surface area contributed by atoms with E-state index in [-0.39, 0.29) is 5.91 Å². The fourth-order valence-electron chi connectivity index (χ4n) is 1.75. The highest BCUT2D eigenvalue weighted by Crippen LogP contribution is 2.12. The van der Waals surface area contributed by atoms with E-state index in [9.17, 15) is 9.18 Å². The number of halogens is 1. The Balaban J connectivity index is 2.33. The number of nitrogens with zero attached hydrogens (tertiary/aromatic N) is 2. The van der Waals surface area contributed by atoms with E-state index in [2.05, 4.69) is 4.90 Å². The number of piperazine rings is 1. The van der Waals surface area contributed by atoms with E-state index in [0.717, 1.165) is 26.2 Å². The molecule has 0 aromatic carbocycles. The highest BCUT2D eigenvalue weighted by molar-refractivity contribution is 5.73. The summed E-state index contributed by atoms with van der Waals surface area (Å²) in [4.78, 5) is 14.9. The second-order valence-corrected chi connectivity index (χ2v) is 4.50. The molecule has 1 amide bonds. The summed E-state index contributed by atoms with van der Waals surface area (Å²) in [6, 6.07) is 0. The molecule has 14 heavy (non-hydrogen) atoms. The number of alkyl halides is 1. The molecule has 1 rings (SSSR count). The number of hydrogen-bond acceptors (Lipinski definition) is 2. The third kappa shape index (κ3) is 3.62. The molecule has 1 fully saturated rings. The van der Waals surface area contributed by atoms with Crippen LogP contribution in [-0.2, 0) is 4.79 Å². The molecule has 4 heteroatoms. The van der Waals surface area contributed by atoms with Crippen molar-refractivity contribution in [2.24, 2.45) is 0 Å². The lowest BCUT2D eigenvalue weighted by Crippen LogP contribution is -2.50. The van der Waals surface area contributed by atoms with Crippen molar-refractivity contribution >= 4 is 5.91 Å². The zero-order valence-electron chi connectivity index (χ0n) is 9.22. The molecule has 0 bridgehead atoms. The van der Waals surface area contributed by atoms with Gasteiger partial charge in [0.1, 0.15) is 5.67 Å². The first kappa shape index (κ1) is 11.4. The highest BCUT2D eigenvalue weighted by atomic mass is 19.1. The molecule has 0 aromatic rings. The lowest BCUT2D eigenvalue weighted by Gasteiger charge is -2.36. The van der Waals surface area contributed by atoms with Gasteiger partial charge in [-0.1, -0.05) is 0 Å². The van der Waals surface area contributed by atoms with E-state index >= 15 is 0 Å². The Morgan fingerprint density at radius 3 is 2.14 bits per heavy atom. The van der Waals surface area contributed by atoms with Gasteiger partial charge in [0.25, 0.3) is 0 Å². The first-order valence-electron chi connectivity index (χ1n) is 5.05. The van der Waals surface area contributed by atoms with Gasteiger partial charge in [0.15, 0.2) is 0 Å². The van der Waals surface area contributed by atoms with Crippen LogP contribution in [0, 0.1) is 0 Å². The zero-order valence-corrected chi connectivity index (χ0v) is 9.22. The summed E-state index contributed by atoms with van der Waals surface area (Å²) in [5, 5.41) is 0. The number of hydrogen-bond donors (Lipinski definition) is 0. The molecule has 1 saturated heterocycles. The van der Waals surface area contributed by atoms with Crippen LogP contribution >= 0.6 is 0 Å². The van der Waals surface area contributed by atoms with Crippen LogP contribution in [-0.4, -0.2) is 54.1 Å². The van der Waals surface area contributed by atoms with Crippen molar-refractivity contribution in [3.63, 3.8) is 0 Å². The van der Waals surface area contributed by atoms with Crippen LogP contribution in [0.2, 0.25) is 0 Å². The predicted molar refractivity (Wildman–Crippen MR) is 53.9 cm³/mol. The summed E-state index contributed by atoms with van der Waals surface area (Å²) >= 11 is 0. The topological polar surface area (TPSA) is 23.6 Å². The van der Waals surface area contributed by atoms with Crippen LogP contribution in [0.15, 0.2) is 0 Å². The smallest absolute Gasteiger partial charge is 0.219 e. The van der Waals surface area contributed by atoms with Crippen molar-refractivity contribution in [3.05, 3.63) is 0 Å².